The maximum Gasteiger partial charge on any atom is 0.179 e. The van der Waals surface area contributed by atoms with Crippen molar-refractivity contribution < 1.29 is 0 Å². The second kappa shape index (κ2) is 6.42. The second-order valence-corrected chi connectivity index (χ2v) is 8.13. The van der Waals surface area contributed by atoms with Crippen molar-refractivity contribution in [1.82, 2.24) is 20.2 Å². The van der Waals surface area contributed by atoms with Crippen LogP contribution in [-0.4, -0.2) is 25.3 Å². The molecule has 0 radical (unpaired) electrons. The van der Waals surface area contributed by atoms with Gasteiger partial charge in [-0.05, 0) is 68.5 Å². The molecule has 27 heavy (non-hydrogen) atoms. The summed E-state index contributed by atoms with van der Waals surface area (Å²) in [6.07, 6.45) is 0. The Morgan fingerprint density at radius 3 is 2.44 bits per heavy atom. The van der Waals surface area contributed by atoms with Crippen LogP contribution in [0.1, 0.15) is 43.8 Å². The molecule has 1 N–H and O–H groups in total. The van der Waals surface area contributed by atoms with Crippen molar-refractivity contribution in [3.63, 3.8) is 0 Å². The Hall–Kier alpha value is -2.80. The Bertz CT molecular complexity index is 986. The summed E-state index contributed by atoms with van der Waals surface area (Å²) >= 11 is 5.74. The minimum absolute atomic E-state index is 0.216. The molecule has 0 amide bonds. The van der Waals surface area contributed by atoms with Crippen LogP contribution in [0.2, 0.25) is 0 Å². The molecule has 0 saturated carbocycles. The smallest absolute Gasteiger partial charge is 0.179 e. The van der Waals surface area contributed by atoms with Gasteiger partial charge in [0.1, 0.15) is 6.04 Å². The van der Waals surface area contributed by atoms with Gasteiger partial charge in [0, 0.05) is 16.9 Å². The molecular weight excluding hydrogens is 356 g/mol. The number of aromatic nitrogens is 4. The van der Waals surface area contributed by atoms with Crippen molar-refractivity contribution in [2.24, 2.45) is 0 Å². The van der Waals surface area contributed by atoms with E-state index in [0.717, 1.165) is 22.8 Å². The molecular formula is C20H22N6S. The normalized spacial score (nSPS) is 16.8. The fraction of sp³-hybridized carbons (Fsp3) is 0.300. The van der Waals surface area contributed by atoms with Crippen molar-refractivity contribution in [2.45, 2.75) is 39.3 Å². The molecule has 4 rings (SSSR count). The molecule has 1 aliphatic heterocycles. The van der Waals surface area contributed by atoms with Gasteiger partial charge in [-0.3, -0.25) is 0 Å². The first-order valence-electron chi connectivity index (χ1n) is 8.91. The van der Waals surface area contributed by atoms with Gasteiger partial charge in [0.25, 0.3) is 0 Å². The number of fused-ring (bicyclic) bond motifs is 1. The minimum atomic E-state index is -0.251. The van der Waals surface area contributed by atoms with Gasteiger partial charge in [-0.1, -0.05) is 35.9 Å². The average Bonchev–Trinajstić information content (AvgIpc) is 3.11. The Morgan fingerprint density at radius 2 is 1.74 bits per heavy atom. The summed E-state index contributed by atoms with van der Waals surface area (Å²) in [6, 6.07) is 16.3. The maximum absolute atomic E-state index is 5.74. The Labute approximate surface area is 164 Å². The van der Waals surface area contributed by atoms with E-state index in [9.17, 15) is 0 Å². The lowest BCUT2D eigenvalue weighted by molar-refractivity contribution is 0.331. The van der Waals surface area contributed by atoms with Crippen LogP contribution in [0.3, 0.4) is 0 Å². The summed E-state index contributed by atoms with van der Waals surface area (Å²) in [5.74, 6) is 0.763. The monoisotopic (exact) mass is 378 g/mol. The van der Waals surface area contributed by atoms with E-state index in [1.165, 1.54) is 5.56 Å². The van der Waals surface area contributed by atoms with E-state index in [-0.39, 0.29) is 11.6 Å². The summed E-state index contributed by atoms with van der Waals surface area (Å²) in [6.45, 7) is 8.35. The SMILES string of the molecule is Cc1ccc(N2C(=S)Nc3ccccc3C2c2nnnn2C(C)(C)C)cc1. The van der Waals surface area contributed by atoms with Crippen LogP contribution in [0.25, 0.3) is 0 Å². The average molecular weight is 379 g/mol. The number of hydrogen-bond donors (Lipinski definition) is 1. The standard InChI is InChI=1S/C20H22N6S/c1-13-9-11-14(12-10-13)25-17(18-22-23-24-26(18)20(2,3)4)15-7-5-6-8-16(15)21-19(25)27/h5-12,17H,1-4H3,(H,21,27). The van der Waals surface area contributed by atoms with Crippen LogP contribution in [-0.2, 0) is 5.54 Å². The summed E-state index contributed by atoms with van der Waals surface area (Å²) in [4.78, 5) is 2.09. The van der Waals surface area contributed by atoms with Gasteiger partial charge in [-0.25, -0.2) is 4.68 Å². The zero-order valence-electron chi connectivity index (χ0n) is 15.8. The summed E-state index contributed by atoms with van der Waals surface area (Å²) in [5, 5.41) is 16.6. The molecule has 7 heteroatoms. The molecule has 0 aliphatic carbocycles. The number of hydrogen-bond acceptors (Lipinski definition) is 4. The number of thiocarbonyl (C=S) groups is 1. The summed E-state index contributed by atoms with van der Waals surface area (Å²) < 4.78 is 1.88. The van der Waals surface area contributed by atoms with Crippen molar-refractivity contribution in [3.8, 4) is 0 Å². The summed E-state index contributed by atoms with van der Waals surface area (Å²) in [5.41, 5.74) is 4.03. The highest BCUT2D eigenvalue weighted by molar-refractivity contribution is 7.80. The van der Waals surface area contributed by atoms with Crippen LogP contribution >= 0.6 is 12.2 Å². The molecule has 2 aromatic carbocycles. The molecule has 1 aliphatic rings. The van der Waals surface area contributed by atoms with Crippen LogP contribution in [0.15, 0.2) is 48.5 Å². The lowest BCUT2D eigenvalue weighted by Crippen LogP contribution is -2.44. The second-order valence-electron chi connectivity index (χ2n) is 7.75. The zero-order valence-corrected chi connectivity index (χ0v) is 16.7. The molecule has 0 saturated heterocycles. The lowest BCUT2D eigenvalue weighted by Gasteiger charge is -2.39. The number of para-hydroxylation sites is 1. The fourth-order valence-electron chi connectivity index (χ4n) is 3.35. The first-order valence-corrected chi connectivity index (χ1v) is 9.31. The Balaban J connectivity index is 1.94. The molecule has 0 bridgehead atoms. The fourth-order valence-corrected chi connectivity index (χ4v) is 3.67. The highest BCUT2D eigenvalue weighted by Gasteiger charge is 2.37. The quantitative estimate of drug-likeness (QED) is 0.679. The zero-order chi connectivity index (χ0) is 19.2. The predicted octanol–water partition coefficient (Wildman–Crippen LogP) is 4.04. The van der Waals surface area contributed by atoms with Crippen LogP contribution in [0.4, 0.5) is 11.4 Å². The molecule has 6 nitrogen and oxygen atoms in total. The number of nitrogens with one attached hydrogen (secondary N) is 1. The molecule has 0 spiro atoms. The maximum atomic E-state index is 5.74. The third-order valence-electron chi connectivity index (χ3n) is 4.66. The Kier molecular flexibility index (Phi) is 4.19. The van der Waals surface area contributed by atoms with E-state index in [1.54, 1.807) is 0 Å². The number of rotatable bonds is 2. The van der Waals surface area contributed by atoms with Gasteiger partial charge in [0.2, 0.25) is 0 Å². The van der Waals surface area contributed by atoms with E-state index >= 15 is 0 Å². The molecule has 0 fully saturated rings. The highest BCUT2D eigenvalue weighted by Crippen LogP contribution is 2.40. The lowest BCUT2D eigenvalue weighted by atomic mass is 9.98. The molecule has 3 aromatic rings. The van der Waals surface area contributed by atoms with Crippen LogP contribution < -0.4 is 10.2 Å². The topological polar surface area (TPSA) is 58.9 Å². The van der Waals surface area contributed by atoms with Crippen molar-refractivity contribution in [2.75, 3.05) is 10.2 Å². The van der Waals surface area contributed by atoms with Crippen LogP contribution in [0, 0.1) is 6.92 Å². The van der Waals surface area contributed by atoms with E-state index in [4.69, 9.17) is 12.2 Å². The van der Waals surface area contributed by atoms with E-state index in [1.807, 2.05) is 22.9 Å². The minimum Gasteiger partial charge on any atom is -0.332 e. The van der Waals surface area contributed by atoms with Gasteiger partial charge in [0.15, 0.2) is 10.9 Å². The third-order valence-corrected chi connectivity index (χ3v) is 4.96. The van der Waals surface area contributed by atoms with E-state index < -0.39 is 0 Å². The van der Waals surface area contributed by atoms with E-state index in [2.05, 4.69) is 83.8 Å². The van der Waals surface area contributed by atoms with Gasteiger partial charge in [-0.2, -0.15) is 0 Å². The van der Waals surface area contributed by atoms with Crippen LogP contribution in [0.5, 0.6) is 0 Å². The first-order chi connectivity index (χ1) is 12.9. The number of tetrazole rings is 1. The molecule has 1 aromatic heterocycles. The predicted molar refractivity (Wildman–Crippen MR) is 111 cm³/mol. The van der Waals surface area contributed by atoms with Gasteiger partial charge in [-0.15, -0.1) is 5.10 Å². The van der Waals surface area contributed by atoms with Gasteiger partial charge < -0.3 is 10.2 Å². The van der Waals surface area contributed by atoms with Crippen molar-refractivity contribution in [1.29, 1.82) is 0 Å². The molecule has 2 heterocycles. The number of benzene rings is 2. The van der Waals surface area contributed by atoms with Gasteiger partial charge >= 0.3 is 0 Å². The molecule has 1 unspecified atom stereocenters. The number of anilines is 2. The number of aryl methyl sites for hydroxylation is 1. The Morgan fingerprint density at radius 1 is 1.04 bits per heavy atom. The summed E-state index contributed by atoms with van der Waals surface area (Å²) in [7, 11) is 0. The van der Waals surface area contributed by atoms with E-state index in [0.29, 0.717) is 5.11 Å². The number of nitrogens with zero attached hydrogens (tertiary/aromatic N) is 5. The third kappa shape index (κ3) is 3.08. The van der Waals surface area contributed by atoms with Crippen molar-refractivity contribution in [3.05, 3.63) is 65.5 Å². The van der Waals surface area contributed by atoms with Gasteiger partial charge in [0.05, 0.1) is 5.54 Å². The highest BCUT2D eigenvalue weighted by atomic mass is 32.1. The largest absolute Gasteiger partial charge is 0.332 e. The molecule has 138 valence electrons. The van der Waals surface area contributed by atoms with Crippen molar-refractivity contribution >= 4 is 28.7 Å². The molecule has 1 atom stereocenters. The first kappa shape index (κ1) is 17.6.